The SMILES string of the molecule is CCO[C@@H]1CCCc2c1c(OC(C)=O)c1c(OC)c3c(OC)cccc3c(OC)c1c2OC(=O)C(C)(C)C. The molecule has 0 aliphatic heterocycles. The third kappa shape index (κ3) is 4.62. The maximum absolute atomic E-state index is 13.3. The fourth-order valence-electron chi connectivity index (χ4n) is 5.18. The van der Waals surface area contributed by atoms with Crippen molar-refractivity contribution in [2.24, 2.45) is 5.41 Å². The number of carbonyl (C=O) groups excluding carboxylic acids is 2. The second-order valence-corrected chi connectivity index (χ2v) is 10.3. The highest BCUT2D eigenvalue weighted by Gasteiger charge is 2.37. The Labute approximate surface area is 223 Å². The van der Waals surface area contributed by atoms with Crippen molar-refractivity contribution >= 4 is 33.5 Å². The van der Waals surface area contributed by atoms with Crippen LogP contribution in [0.3, 0.4) is 0 Å². The standard InChI is InChI=1S/C30H36O8/c1-9-36-20-15-11-13-18-22(20)28(37-16(2)31)24-23(26(18)38-29(32)30(3,4)5)25(34-7)17-12-10-14-19(33-6)21(17)27(24)35-8/h10,12,14,20H,9,11,13,15H2,1-8H3/t20-/m1/s1. The lowest BCUT2D eigenvalue weighted by molar-refractivity contribution is -0.143. The van der Waals surface area contributed by atoms with Gasteiger partial charge in [-0.1, -0.05) is 12.1 Å². The van der Waals surface area contributed by atoms with E-state index < -0.39 is 17.4 Å². The first kappa shape index (κ1) is 27.5. The average molecular weight is 525 g/mol. The van der Waals surface area contributed by atoms with Crippen LogP contribution in [0.15, 0.2) is 18.2 Å². The van der Waals surface area contributed by atoms with Crippen LogP contribution in [0.5, 0.6) is 28.7 Å². The monoisotopic (exact) mass is 524 g/mol. The molecule has 3 aromatic carbocycles. The van der Waals surface area contributed by atoms with Gasteiger partial charge in [-0.25, -0.2) is 0 Å². The Morgan fingerprint density at radius 1 is 0.895 bits per heavy atom. The Morgan fingerprint density at radius 3 is 2.16 bits per heavy atom. The molecule has 8 nitrogen and oxygen atoms in total. The lowest BCUT2D eigenvalue weighted by Gasteiger charge is -2.32. The molecule has 0 amide bonds. The molecular formula is C30H36O8. The van der Waals surface area contributed by atoms with Crippen LogP contribution in [-0.4, -0.2) is 39.9 Å². The van der Waals surface area contributed by atoms with E-state index in [-0.39, 0.29) is 6.10 Å². The minimum atomic E-state index is -0.765. The van der Waals surface area contributed by atoms with Crippen LogP contribution in [0.4, 0.5) is 0 Å². The molecule has 0 saturated heterocycles. The van der Waals surface area contributed by atoms with Crippen molar-refractivity contribution in [3.63, 3.8) is 0 Å². The van der Waals surface area contributed by atoms with Gasteiger partial charge >= 0.3 is 11.9 Å². The minimum Gasteiger partial charge on any atom is -0.496 e. The Kier molecular flexibility index (Phi) is 7.74. The summed E-state index contributed by atoms with van der Waals surface area (Å²) in [5.74, 6) is 1.23. The second-order valence-electron chi connectivity index (χ2n) is 10.3. The van der Waals surface area contributed by atoms with Gasteiger partial charge in [0.2, 0.25) is 0 Å². The summed E-state index contributed by atoms with van der Waals surface area (Å²) in [5.41, 5.74) is 0.685. The molecule has 38 heavy (non-hydrogen) atoms. The van der Waals surface area contributed by atoms with Gasteiger partial charge in [-0.05, 0) is 53.0 Å². The zero-order valence-electron chi connectivity index (χ0n) is 23.4. The molecule has 0 spiro atoms. The molecule has 4 rings (SSSR count). The Balaban J connectivity index is 2.33. The number of hydrogen-bond donors (Lipinski definition) is 0. The molecule has 0 aromatic heterocycles. The number of rotatable bonds is 7. The largest absolute Gasteiger partial charge is 0.496 e. The van der Waals surface area contributed by atoms with Crippen molar-refractivity contribution in [2.75, 3.05) is 27.9 Å². The van der Waals surface area contributed by atoms with E-state index in [9.17, 15) is 9.59 Å². The molecule has 204 valence electrons. The maximum atomic E-state index is 13.3. The summed E-state index contributed by atoms with van der Waals surface area (Å²) in [4.78, 5) is 25.8. The van der Waals surface area contributed by atoms with E-state index in [1.807, 2.05) is 25.1 Å². The quantitative estimate of drug-likeness (QED) is 0.202. The van der Waals surface area contributed by atoms with E-state index in [4.69, 9.17) is 28.4 Å². The fourth-order valence-corrected chi connectivity index (χ4v) is 5.18. The van der Waals surface area contributed by atoms with Crippen molar-refractivity contribution in [3.8, 4) is 28.7 Å². The third-order valence-electron chi connectivity index (χ3n) is 6.76. The number of benzene rings is 3. The van der Waals surface area contributed by atoms with Gasteiger partial charge in [0, 0.05) is 30.0 Å². The molecule has 1 aliphatic carbocycles. The van der Waals surface area contributed by atoms with E-state index in [0.717, 1.165) is 18.4 Å². The number of ether oxygens (including phenoxy) is 6. The van der Waals surface area contributed by atoms with Gasteiger partial charge in [-0.3, -0.25) is 9.59 Å². The summed E-state index contributed by atoms with van der Waals surface area (Å²) in [5, 5.41) is 2.30. The molecule has 3 aromatic rings. The normalized spacial score (nSPS) is 15.2. The summed E-state index contributed by atoms with van der Waals surface area (Å²) in [7, 11) is 4.68. The summed E-state index contributed by atoms with van der Waals surface area (Å²) in [6, 6.07) is 5.57. The fraction of sp³-hybridized carbons (Fsp3) is 0.467. The first-order valence-electron chi connectivity index (χ1n) is 12.8. The maximum Gasteiger partial charge on any atom is 0.316 e. The van der Waals surface area contributed by atoms with Crippen molar-refractivity contribution in [2.45, 2.75) is 60.0 Å². The summed E-state index contributed by atoms with van der Waals surface area (Å²) < 4.78 is 36.0. The summed E-state index contributed by atoms with van der Waals surface area (Å²) >= 11 is 0. The van der Waals surface area contributed by atoms with Crippen LogP contribution in [0.1, 0.15) is 64.7 Å². The highest BCUT2D eigenvalue weighted by Crippen LogP contribution is 2.57. The molecule has 0 bridgehead atoms. The average Bonchev–Trinajstić information content (AvgIpc) is 2.87. The predicted molar refractivity (Wildman–Crippen MR) is 145 cm³/mol. The topological polar surface area (TPSA) is 89.5 Å². The predicted octanol–water partition coefficient (Wildman–Crippen LogP) is 6.31. The second kappa shape index (κ2) is 10.7. The van der Waals surface area contributed by atoms with Crippen LogP contribution < -0.4 is 23.7 Å². The molecule has 8 heteroatoms. The van der Waals surface area contributed by atoms with E-state index in [0.29, 0.717) is 68.9 Å². The first-order chi connectivity index (χ1) is 18.1. The number of fused-ring (bicyclic) bond motifs is 3. The molecule has 0 saturated carbocycles. The van der Waals surface area contributed by atoms with Crippen molar-refractivity contribution in [1.82, 2.24) is 0 Å². The summed E-state index contributed by atoms with van der Waals surface area (Å²) in [6.45, 7) is 9.15. The van der Waals surface area contributed by atoms with Gasteiger partial charge in [0.15, 0.2) is 0 Å². The van der Waals surface area contributed by atoms with Gasteiger partial charge in [0.05, 0.1) is 49.0 Å². The van der Waals surface area contributed by atoms with Gasteiger partial charge in [-0.2, -0.15) is 0 Å². The highest BCUT2D eigenvalue weighted by atomic mass is 16.5. The van der Waals surface area contributed by atoms with E-state index in [1.54, 1.807) is 42.1 Å². The van der Waals surface area contributed by atoms with Crippen LogP contribution in [0.2, 0.25) is 0 Å². The Morgan fingerprint density at radius 2 is 1.58 bits per heavy atom. The molecule has 0 fully saturated rings. The van der Waals surface area contributed by atoms with Gasteiger partial charge in [0.1, 0.15) is 28.7 Å². The Bertz CT molecular complexity index is 1400. The van der Waals surface area contributed by atoms with Crippen molar-refractivity contribution in [3.05, 3.63) is 29.3 Å². The smallest absolute Gasteiger partial charge is 0.316 e. The molecule has 0 heterocycles. The molecular weight excluding hydrogens is 488 g/mol. The van der Waals surface area contributed by atoms with Gasteiger partial charge in [0.25, 0.3) is 0 Å². The van der Waals surface area contributed by atoms with Crippen LogP contribution in [-0.2, 0) is 20.7 Å². The van der Waals surface area contributed by atoms with Crippen LogP contribution >= 0.6 is 0 Å². The molecule has 1 atom stereocenters. The van der Waals surface area contributed by atoms with Gasteiger partial charge < -0.3 is 28.4 Å². The number of esters is 2. The van der Waals surface area contributed by atoms with E-state index >= 15 is 0 Å². The molecule has 0 unspecified atom stereocenters. The van der Waals surface area contributed by atoms with E-state index in [2.05, 4.69) is 0 Å². The Hall–Kier alpha value is -3.52. The lowest BCUT2D eigenvalue weighted by Crippen LogP contribution is -2.27. The number of methoxy groups -OCH3 is 3. The van der Waals surface area contributed by atoms with Crippen LogP contribution in [0, 0.1) is 5.41 Å². The lowest BCUT2D eigenvalue weighted by atomic mass is 9.83. The zero-order chi connectivity index (χ0) is 27.8. The van der Waals surface area contributed by atoms with Gasteiger partial charge in [-0.15, -0.1) is 0 Å². The minimum absolute atomic E-state index is 0.319. The third-order valence-corrected chi connectivity index (χ3v) is 6.76. The highest BCUT2D eigenvalue weighted by molar-refractivity contribution is 6.18. The first-order valence-corrected chi connectivity index (χ1v) is 12.8. The molecule has 1 aliphatic rings. The zero-order valence-corrected chi connectivity index (χ0v) is 23.4. The number of carbonyl (C=O) groups is 2. The molecule has 0 N–H and O–H groups in total. The number of hydrogen-bond acceptors (Lipinski definition) is 8. The van der Waals surface area contributed by atoms with Crippen molar-refractivity contribution < 1.29 is 38.0 Å². The van der Waals surface area contributed by atoms with Crippen molar-refractivity contribution in [1.29, 1.82) is 0 Å². The van der Waals surface area contributed by atoms with E-state index in [1.165, 1.54) is 6.92 Å². The van der Waals surface area contributed by atoms with Crippen LogP contribution in [0.25, 0.3) is 21.5 Å². The summed E-state index contributed by atoms with van der Waals surface area (Å²) in [6.07, 6.45) is 1.78. The molecule has 0 radical (unpaired) electrons.